The lowest BCUT2D eigenvalue weighted by Crippen LogP contribution is -2.40. The van der Waals surface area contributed by atoms with E-state index in [2.05, 4.69) is 31.8 Å². The van der Waals surface area contributed by atoms with E-state index in [1.165, 1.54) is 15.5 Å². The van der Waals surface area contributed by atoms with Crippen LogP contribution in [-0.2, 0) is 19.6 Å². The molecule has 158 valence electrons. The minimum Gasteiger partial charge on any atom is -0.382 e. The third kappa shape index (κ3) is 3.56. The highest BCUT2D eigenvalue weighted by atomic mass is 35.5. The molecule has 0 radical (unpaired) electrons. The van der Waals surface area contributed by atoms with E-state index in [1.54, 1.807) is 6.33 Å². The van der Waals surface area contributed by atoms with Crippen LogP contribution in [0.1, 0.15) is 32.6 Å². The van der Waals surface area contributed by atoms with Crippen molar-refractivity contribution in [3.8, 4) is 0 Å². The van der Waals surface area contributed by atoms with Crippen molar-refractivity contribution in [1.29, 1.82) is 0 Å². The number of unbranched alkanes of at least 4 members (excludes halogenated alkanes) is 2. The molecule has 4 aromatic rings. The summed E-state index contributed by atoms with van der Waals surface area (Å²) in [5, 5.41) is 0.0886. The van der Waals surface area contributed by atoms with Crippen molar-refractivity contribution in [1.82, 2.24) is 38.6 Å². The van der Waals surface area contributed by atoms with Gasteiger partial charge in [-0.2, -0.15) is 4.98 Å². The van der Waals surface area contributed by atoms with Gasteiger partial charge in [0.05, 0.1) is 6.33 Å². The molecule has 0 atom stereocenters. The number of aromatic nitrogens is 8. The Labute approximate surface area is 175 Å². The Morgan fingerprint density at radius 3 is 2.63 bits per heavy atom. The number of H-pyrrole nitrogens is 1. The van der Waals surface area contributed by atoms with Crippen LogP contribution in [0, 0.1) is 0 Å². The van der Waals surface area contributed by atoms with E-state index in [1.807, 2.05) is 4.57 Å². The number of imidazole rings is 2. The van der Waals surface area contributed by atoms with Crippen molar-refractivity contribution in [2.75, 3.05) is 5.73 Å². The topological polar surface area (TPSA) is 142 Å². The van der Waals surface area contributed by atoms with Crippen LogP contribution in [0.5, 0.6) is 0 Å². The molecule has 0 aliphatic rings. The van der Waals surface area contributed by atoms with Gasteiger partial charge in [0.15, 0.2) is 22.6 Å². The Balaban J connectivity index is 1.62. The fraction of sp³-hybridized carbons (Fsp3) is 0.444. The number of halogens is 1. The van der Waals surface area contributed by atoms with E-state index in [0.717, 1.165) is 19.3 Å². The van der Waals surface area contributed by atoms with Gasteiger partial charge >= 0.3 is 5.69 Å². The van der Waals surface area contributed by atoms with E-state index >= 15 is 0 Å². The molecule has 12 heteroatoms. The maximum absolute atomic E-state index is 13.0. The number of nitrogens with zero attached hydrogens (tertiary/aromatic N) is 7. The fourth-order valence-corrected chi connectivity index (χ4v) is 3.69. The van der Waals surface area contributed by atoms with E-state index in [0.29, 0.717) is 42.1 Å². The molecule has 30 heavy (non-hydrogen) atoms. The van der Waals surface area contributed by atoms with Crippen molar-refractivity contribution in [2.24, 2.45) is 0 Å². The first-order valence-corrected chi connectivity index (χ1v) is 10.2. The molecule has 0 saturated heterocycles. The van der Waals surface area contributed by atoms with Gasteiger partial charge in [0.1, 0.15) is 11.8 Å². The molecule has 0 aromatic carbocycles. The van der Waals surface area contributed by atoms with Crippen LogP contribution in [0.4, 0.5) is 5.82 Å². The van der Waals surface area contributed by atoms with Crippen LogP contribution in [0.2, 0.25) is 5.28 Å². The summed E-state index contributed by atoms with van der Waals surface area (Å²) in [6.07, 6.45) is 6.34. The van der Waals surface area contributed by atoms with Gasteiger partial charge in [-0.3, -0.25) is 13.9 Å². The number of nitrogens with one attached hydrogen (secondary N) is 1. The molecule has 0 unspecified atom stereocenters. The molecule has 0 spiro atoms. The summed E-state index contributed by atoms with van der Waals surface area (Å²) < 4.78 is 4.57. The predicted molar refractivity (Wildman–Crippen MR) is 114 cm³/mol. The standard InChI is InChI=1S/C18H22ClN9O2/c1-2-3-4-7-27-15-12(24-17(19)25-15)16(29)28(18(27)30)8-5-6-26-10-23-11-13(20)21-9-22-14(11)26/h9-10H,2-8H2,1H3,(H,24,25)(H2,20,21,22). The average Bonchev–Trinajstić information content (AvgIpc) is 3.32. The second-order valence-corrected chi connectivity index (χ2v) is 7.40. The van der Waals surface area contributed by atoms with E-state index in [9.17, 15) is 9.59 Å². The fourth-order valence-electron chi connectivity index (χ4n) is 3.52. The van der Waals surface area contributed by atoms with Crippen LogP contribution in [-0.4, -0.2) is 38.6 Å². The van der Waals surface area contributed by atoms with Gasteiger partial charge in [-0.1, -0.05) is 19.8 Å². The normalized spacial score (nSPS) is 11.7. The molecule has 4 aromatic heterocycles. The van der Waals surface area contributed by atoms with Crippen LogP contribution in [0.25, 0.3) is 22.3 Å². The highest BCUT2D eigenvalue weighted by Crippen LogP contribution is 2.15. The number of anilines is 1. The summed E-state index contributed by atoms with van der Waals surface area (Å²) in [5.41, 5.74) is 6.69. The van der Waals surface area contributed by atoms with Gasteiger partial charge in [0, 0.05) is 19.6 Å². The lowest BCUT2D eigenvalue weighted by atomic mass is 10.2. The largest absolute Gasteiger partial charge is 0.382 e. The molecule has 4 heterocycles. The first-order chi connectivity index (χ1) is 14.5. The van der Waals surface area contributed by atoms with Crippen LogP contribution >= 0.6 is 11.6 Å². The molecule has 0 aliphatic carbocycles. The average molecular weight is 432 g/mol. The second-order valence-electron chi connectivity index (χ2n) is 7.05. The lowest BCUT2D eigenvalue weighted by molar-refractivity contribution is 0.505. The SMILES string of the molecule is CCCCCn1c(=O)n(CCCn2cnc3c(N)ncnc32)c(=O)c2[nH]c(Cl)nc21. The number of nitrogens with two attached hydrogens (primary N) is 1. The summed E-state index contributed by atoms with van der Waals surface area (Å²) in [7, 11) is 0. The lowest BCUT2D eigenvalue weighted by Gasteiger charge is -2.11. The zero-order chi connectivity index (χ0) is 21.3. The summed E-state index contributed by atoms with van der Waals surface area (Å²) in [4.78, 5) is 45.2. The Hall–Kier alpha value is -3.21. The molecule has 0 saturated carbocycles. The van der Waals surface area contributed by atoms with Gasteiger partial charge in [-0.25, -0.2) is 19.7 Å². The molecule has 0 bridgehead atoms. The third-order valence-electron chi connectivity index (χ3n) is 5.03. The Bertz CT molecular complexity index is 1320. The molecule has 0 fully saturated rings. The van der Waals surface area contributed by atoms with Crippen molar-refractivity contribution in [3.05, 3.63) is 38.8 Å². The number of aromatic amines is 1. The van der Waals surface area contributed by atoms with Crippen LogP contribution in [0.3, 0.4) is 0 Å². The molecular formula is C18H22ClN9O2. The maximum Gasteiger partial charge on any atom is 0.332 e. The zero-order valence-electron chi connectivity index (χ0n) is 16.5. The monoisotopic (exact) mass is 431 g/mol. The van der Waals surface area contributed by atoms with Crippen molar-refractivity contribution < 1.29 is 0 Å². The predicted octanol–water partition coefficient (Wildman–Crippen LogP) is 1.54. The minimum atomic E-state index is -0.428. The molecule has 3 N–H and O–H groups in total. The van der Waals surface area contributed by atoms with Crippen molar-refractivity contribution >= 4 is 39.7 Å². The molecule has 4 rings (SSSR count). The van der Waals surface area contributed by atoms with Gasteiger partial charge in [0.2, 0.25) is 5.28 Å². The smallest absolute Gasteiger partial charge is 0.332 e. The summed E-state index contributed by atoms with van der Waals surface area (Å²) in [6.45, 7) is 3.31. The van der Waals surface area contributed by atoms with E-state index < -0.39 is 5.56 Å². The molecular weight excluding hydrogens is 410 g/mol. The second kappa shape index (κ2) is 8.27. The van der Waals surface area contributed by atoms with Crippen molar-refractivity contribution in [2.45, 2.75) is 52.2 Å². The van der Waals surface area contributed by atoms with Crippen molar-refractivity contribution in [3.63, 3.8) is 0 Å². The Morgan fingerprint density at radius 2 is 1.83 bits per heavy atom. The Kier molecular flexibility index (Phi) is 5.53. The minimum absolute atomic E-state index is 0.0886. The first kappa shape index (κ1) is 20.1. The quantitative estimate of drug-likeness (QED) is 0.318. The number of rotatable bonds is 8. The third-order valence-corrected chi connectivity index (χ3v) is 5.21. The molecule has 0 aliphatic heterocycles. The maximum atomic E-state index is 13.0. The number of nitrogen functional groups attached to an aromatic ring is 1. The van der Waals surface area contributed by atoms with Gasteiger partial charge < -0.3 is 15.3 Å². The van der Waals surface area contributed by atoms with Gasteiger partial charge in [-0.15, -0.1) is 0 Å². The van der Waals surface area contributed by atoms with Gasteiger partial charge in [0.25, 0.3) is 5.56 Å². The summed E-state index contributed by atoms with van der Waals surface area (Å²) >= 11 is 5.97. The van der Waals surface area contributed by atoms with E-state index in [-0.39, 0.29) is 23.0 Å². The number of aryl methyl sites for hydroxylation is 2. The Morgan fingerprint density at radius 1 is 1.03 bits per heavy atom. The van der Waals surface area contributed by atoms with Crippen LogP contribution < -0.4 is 17.0 Å². The number of hydrogen-bond donors (Lipinski definition) is 2. The summed E-state index contributed by atoms with van der Waals surface area (Å²) in [5.74, 6) is 0.312. The van der Waals surface area contributed by atoms with Gasteiger partial charge in [-0.05, 0) is 24.4 Å². The highest BCUT2D eigenvalue weighted by molar-refractivity contribution is 6.28. The highest BCUT2D eigenvalue weighted by Gasteiger charge is 2.17. The summed E-state index contributed by atoms with van der Waals surface area (Å²) in [6, 6.07) is 0. The van der Waals surface area contributed by atoms with Crippen LogP contribution in [0.15, 0.2) is 22.2 Å². The number of hydrogen-bond acceptors (Lipinski definition) is 7. The number of fused-ring (bicyclic) bond motifs is 2. The van der Waals surface area contributed by atoms with E-state index in [4.69, 9.17) is 17.3 Å². The zero-order valence-corrected chi connectivity index (χ0v) is 17.3. The molecule has 11 nitrogen and oxygen atoms in total. The molecule has 0 amide bonds. The first-order valence-electron chi connectivity index (χ1n) is 9.81.